The minimum absolute atomic E-state index is 0.430. The highest BCUT2D eigenvalue weighted by molar-refractivity contribution is 5.79. The van der Waals surface area contributed by atoms with Crippen LogP contribution < -0.4 is 11.1 Å². The third-order valence-electron chi connectivity index (χ3n) is 3.38. The van der Waals surface area contributed by atoms with Gasteiger partial charge in [-0.2, -0.15) is 0 Å². The number of nitrogens with one attached hydrogen (secondary N) is 1. The summed E-state index contributed by atoms with van der Waals surface area (Å²) in [5.74, 6) is 1.18. The Kier molecular flexibility index (Phi) is 2.18. The highest BCUT2D eigenvalue weighted by Gasteiger charge is 2.37. The van der Waals surface area contributed by atoms with Crippen molar-refractivity contribution in [3.05, 3.63) is 24.3 Å². The van der Waals surface area contributed by atoms with Crippen LogP contribution in [0.1, 0.15) is 19.8 Å². The maximum Gasteiger partial charge on any atom is 0.169 e. The van der Waals surface area contributed by atoms with E-state index in [9.17, 15) is 0 Å². The van der Waals surface area contributed by atoms with Crippen LogP contribution in [0, 0.1) is 5.41 Å². The lowest BCUT2D eigenvalue weighted by molar-refractivity contribution is 0.609. The lowest BCUT2D eigenvalue weighted by atomic mass is 10.1. The monoisotopic (exact) mass is 228 g/mol. The van der Waals surface area contributed by atoms with Gasteiger partial charge in [0, 0.05) is 6.54 Å². The van der Waals surface area contributed by atoms with Crippen molar-refractivity contribution in [2.75, 3.05) is 17.6 Å². The van der Waals surface area contributed by atoms with Crippen LogP contribution in [-0.4, -0.2) is 16.5 Å². The van der Waals surface area contributed by atoms with E-state index in [2.05, 4.69) is 22.2 Å². The number of hydrogen-bond acceptors (Lipinski definition) is 4. The topological polar surface area (TPSA) is 63.8 Å². The van der Waals surface area contributed by atoms with Crippen LogP contribution in [0.3, 0.4) is 0 Å². The third-order valence-corrected chi connectivity index (χ3v) is 3.38. The van der Waals surface area contributed by atoms with Gasteiger partial charge in [-0.1, -0.05) is 19.1 Å². The Morgan fingerprint density at radius 3 is 2.53 bits per heavy atom. The summed E-state index contributed by atoms with van der Waals surface area (Å²) in [6.45, 7) is 3.19. The molecule has 1 heterocycles. The van der Waals surface area contributed by atoms with Crippen LogP contribution >= 0.6 is 0 Å². The Bertz CT molecular complexity index is 560. The van der Waals surface area contributed by atoms with Gasteiger partial charge >= 0.3 is 0 Å². The number of aromatic nitrogens is 2. The summed E-state index contributed by atoms with van der Waals surface area (Å²) >= 11 is 0. The first-order valence-corrected chi connectivity index (χ1v) is 5.92. The molecule has 1 aromatic heterocycles. The molecular weight excluding hydrogens is 212 g/mol. The Hall–Kier alpha value is -1.84. The summed E-state index contributed by atoms with van der Waals surface area (Å²) in [5, 5.41) is 3.31. The Morgan fingerprint density at radius 1 is 1.24 bits per heavy atom. The predicted molar refractivity (Wildman–Crippen MR) is 69.8 cm³/mol. The standard InChI is InChI=1S/C13H16N4/c1-13(6-7-13)8-15-12-11(14)16-9-4-2-3-5-10(9)17-12/h2-5H,6-8H2,1H3,(H2,14,16)(H,15,17). The lowest BCUT2D eigenvalue weighted by Crippen LogP contribution is -2.14. The molecule has 0 unspecified atom stereocenters. The number of hydrogen-bond donors (Lipinski definition) is 2. The van der Waals surface area contributed by atoms with Crippen molar-refractivity contribution in [2.45, 2.75) is 19.8 Å². The first kappa shape index (κ1) is 10.3. The molecule has 4 nitrogen and oxygen atoms in total. The van der Waals surface area contributed by atoms with E-state index in [1.54, 1.807) is 0 Å². The molecule has 88 valence electrons. The fourth-order valence-electron chi connectivity index (χ4n) is 1.83. The second-order valence-corrected chi connectivity index (χ2v) is 5.11. The van der Waals surface area contributed by atoms with Gasteiger partial charge in [-0.15, -0.1) is 0 Å². The van der Waals surface area contributed by atoms with Crippen LogP contribution in [0.4, 0.5) is 11.6 Å². The number of para-hydroxylation sites is 2. The summed E-state index contributed by atoms with van der Waals surface area (Å²) in [6, 6.07) is 7.77. The molecule has 3 N–H and O–H groups in total. The molecule has 0 aliphatic heterocycles. The van der Waals surface area contributed by atoms with E-state index in [1.807, 2.05) is 24.3 Å². The molecule has 4 heteroatoms. The number of benzene rings is 1. The Balaban J connectivity index is 1.90. The molecule has 17 heavy (non-hydrogen) atoms. The van der Waals surface area contributed by atoms with Gasteiger partial charge in [-0.25, -0.2) is 9.97 Å². The SMILES string of the molecule is CC1(CNc2nc3ccccc3nc2N)CC1. The Morgan fingerprint density at radius 2 is 1.88 bits per heavy atom. The van der Waals surface area contributed by atoms with E-state index in [1.165, 1.54) is 12.8 Å². The van der Waals surface area contributed by atoms with Gasteiger partial charge in [0.05, 0.1) is 11.0 Å². The molecule has 1 aromatic carbocycles. The molecule has 0 atom stereocenters. The van der Waals surface area contributed by atoms with Gasteiger partial charge in [0.15, 0.2) is 11.6 Å². The molecule has 0 amide bonds. The summed E-state index contributed by atoms with van der Waals surface area (Å²) in [4.78, 5) is 8.86. The lowest BCUT2D eigenvalue weighted by Gasteiger charge is -2.12. The van der Waals surface area contributed by atoms with E-state index < -0.39 is 0 Å². The number of nitrogens with zero attached hydrogens (tertiary/aromatic N) is 2. The predicted octanol–water partition coefficient (Wildman–Crippen LogP) is 2.42. The van der Waals surface area contributed by atoms with E-state index in [4.69, 9.17) is 5.73 Å². The molecule has 0 radical (unpaired) electrons. The van der Waals surface area contributed by atoms with Gasteiger partial charge in [0.1, 0.15) is 0 Å². The minimum atomic E-state index is 0.430. The number of nitrogen functional groups attached to an aromatic ring is 1. The normalized spacial score (nSPS) is 17.0. The average Bonchev–Trinajstić information content (AvgIpc) is 3.05. The average molecular weight is 228 g/mol. The number of anilines is 2. The highest BCUT2D eigenvalue weighted by atomic mass is 15.1. The molecule has 3 rings (SSSR count). The van der Waals surface area contributed by atoms with Crippen molar-refractivity contribution < 1.29 is 0 Å². The van der Waals surface area contributed by atoms with Crippen molar-refractivity contribution in [3.63, 3.8) is 0 Å². The Labute approximate surface area is 100 Å². The zero-order valence-corrected chi connectivity index (χ0v) is 9.90. The van der Waals surface area contributed by atoms with Crippen molar-refractivity contribution >= 4 is 22.7 Å². The number of fused-ring (bicyclic) bond motifs is 1. The third kappa shape index (κ3) is 2.02. The summed E-state index contributed by atoms with van der Waals surface area (Å²) < 4.78 is 0. The van der Waals surface area contributed by atoms with E-state index >= 15 is 0 Å². The van der Waals surface area contributed by atoms with E-state index in [0.717, 1.165) is 17.6 Å². The fourth-order valence-corrected chi connectivity index (χ4v) is 1.83. The van der Waals surface area contributed by atoms with Gasteiger partial charge in [-0.3, -0.25) is 0 Å². The van der Waals surface area contributed by atoms with Crippen LogP contribution in [0.5, 0.6) is 0 Å². The molecule has 0 bridgehead atoms. The zero-order chi connectivity index (χ0) is 11.9. The molecule has 1 aliphatic rings. The van der Waals surface area contributed by atoms with Crippen LogP contribution in [0.25, 0.3) is 11.0 Å². The molecule has 1 aliphatic carbocycles. The molecule has 0 saturated heterocycles. The number of rotatable bonds is 3. The van der Waals surface area contributed by atoms with Crippen LogP contribution in [-0.2, 0) is 0 Å². The molecule has 1 fully saturated rings. The summed E-state index contributed by atoms with van der Waals surface area (Å²) in [5.41, 5.74) is 8.05. The van der Waals surface area contributed by atoms with Gasteiger partial charge < -0.3 is 11.1 Å². The van der Waals surface area contributed by atoms with Crippen molar-refractivity contribution in [2.24, 2.45) is 5.41 Å². The van der Waals surface area contributed by atoms with E-state index in [-0.39, 0.29) is 0 Å². The first-order valence-electron chi connectivity index (χ1n) is 5.92. The fraction of sp³-hybridized carbons (Fsp3) is 0.385. The molecule has 0 spiro atoms. The second-order valence-electron chi connectivity index (χ2n) is 5.11. The molecular formula is C13H16N4. The largest absolute Gasteiger partial charge is 0.381 e. The first-order chi connectivity index (χ1) is 8.16. The maximum absolute atomic E-state index is 5.90. The summed E-state index contributed by atoms with van der Waals surface area (Å²) in [7, 11) is 0. The highest BCUT2D eigenvalue weighted by Crippen LogP contribution is 2.44. The van der Waals surface area contributed by atoms with Crippen molar-refractivity contribution in [1.82, 2.24) is 9.97 Å². The maximum atomic E-state index is 5.90. The quantitative estimate of drug-likeness (QED) is 0.846. The zero-order valence-electron chi connectivity index (χ0n) is 9.90. The van der Waals surface area contributed by atoms with Crippen molar-refractivity contribution in [1.29, 1.82) is 0 Å². The van der Waals surface area contributed by atoms with E-state index in [0.29, 0.717) is 17.1 Å². The smallest absolute Gasteiger partial charge is 0.169 e. The number of nitrogens with two attached hydrogens (primary N) is 1. The van der Waals surface area contributed by atoms with Crippen LogP contribution in [0.2, 0.25) is 0 Å². The van der Waals surface area contributed by atoms with Gasteiger partial charge in [0.25, 0.3) is 0 Å². The minimum Gasteiger partial charge on any atom is -0.381 e. The second kappa shape index (κ2) is 3.58. The van der Waals surface area contributed by atoms with Gasteiger partial charge in [0.2, 0.25) is 0 Å². The molecule has 2 aromatic rings. The molecule has 1 saturated carbocycles. The van der Waals surface area contributed by atoms with Crippen LogP contribution in [0.15, 0.2) is 24.3 Å². The summed E-state index contributed by atoms with van der Waals surface area (Å²) in [6.07, 6.45) is 2.56. The van der Waals surface area contributed by atoms with Crippen molar-refractivity contribution in [3.8, 4) is 0 Å². The van der Waals surface area contributed by atoms with Gasteiger partial charge in [-0.05, 0) is 30.4 Å².